The van der Waals surface area contributed by atoms with Crippen molar-refractivity contribution in [2.45, 2.75) is 12.2 Å². The van der Waals surface area contributed by atoms with E-state index in [4.69, 9.17) is 11.6 Å². The van der Waals surface area contributed by atoms with E-state index in [2.05, 4.69) is 17.6 Å². The van der Waals surface area contributed by atoms with E-state index in [0.717, 1.165) is 5.39 Å². The number of nitrogens with zero attached hydrogens (tertiary/aromatic N) is 1. The Morgan fingerprint density at radius 1 is 1.29 bits per heavy atom. The molecule has 2 atom stereocenters. The van der Waals surface area contributed by atoms with Gasteiger partial charge in [0.25, 0.3) is 0 Å². The van der Waals surface area contributed by atoms with Crippen LogP contribution in [0.2, 0.25) is 5.02 Å². The summed E-state index contributed by atoms with van der Waals surface area (Å²) in [5.41, 5.74) is 1.33. The van der Waals surface area contributed by atoms with E-state index in [9.17, 15) is 10.2 Å². The highest BCUT2D eigenvalue weighted by molar-refractivity contribution is 7.80. The molecule has 3 nitrogen and oxygen atoms in total. The molecule has 0 spiro atoms. The summed E-state index contributed by atoms with van der Waals surface area (Å²) >= 11 is 9.85. The second-order valence-corrected chi connectivity index (χ2v) is 4.56. The van der Waals surface area contributed by atoms with Gasteiger partial charge in [-0.2, -0.15) is 12.6 Å². The van der Waals surface area contributed by atoms with Crippen LogP contribution in [0.5, 0.6) is 0 Å². The van der Waals surface area contributed by atoms with E-state index in [1.54, 1.807) is 30.5 Å². The maximum absolute atomic E-state index is 10.00. The standard InChI is InChI=1S/C12H12ClNO2S/c13-7-1-2-8-9(12(16)11(15)6-17)3-4-14-10(8)5-7/h1-5,11-12,15-17H,6H2. The van der Waals surface area contributed by atoms with Gasteiger partial charge in [-0.1, -0.05) is 17.7 Å². The molecule has 0 aliphatic rings. The normalized spacial score (nSPS) is 14.8. The maximum atomic E-state index is 10.00. The van der Waals surface area contributed by atoms with Crippen LogP contribution in [0.15, 0.2) is 30.5 Å². The van der Waals surface area contributed by atoms with Crippen molar-refractivity contribution in [1.82, 2.24) is 4.98 Å². The summed E-state index contributed by atoms with van der Waals surface area (Å²) in [6.07, 6.45) is -0.290. The van der Waals surface area contributed by atoms with E-state index in [0.29, 0.717) is 16.1 Å². The first-order valence-electron chi connectivity index (χ1n) is 5.14. The second kappa shape index (κ2) is 5.23. The smallest absolute Gasteiger partial charge is 0.106 e. The Bertz CT molecular complexity index is 535. The lowest BCUT2D eigenvalue weighted by atomic mass is 10.0. The van der Waals surface area contributed by atoms with Crippen molar-refractivity contribution < 1.29 is 10.2 Å². The summed E-state index contributed by atoms with van der Waals surface area (Å²) in [6, 6.07) is 6.93. The lowest BCUT2D eigenvalue weighted by molar-refractivity contribution is 0.0346. The van der Waals surface area contributed by atoms with Crippen molar-refractivity contribution in [3.8, 4) is 0 Å². The summed E-state index contributed by atoms with van der Waals surface area (Å²) in [5, 5.41) is 21.0. The Hall–Kier alpha value is -0.810. The predicted octanol–water partition coefficient (Wildman–Crippen LogP) is 2.21. The van der Waals surface area contributed by atoms with Crippen molar-refractivity contribution in [2.75, 3.05) is 5.75 Å². The monoisotopic (exact) mass is 269 g/mol. The molecule has 0 amide bonds. The third kappa shape index (κ3) is 2.55. The zero-order valence-electron chi connectivity index (χ0n) is 8.92. The minimum atomic E-state index is -0.973. The summed E-state index contributed by atoms with van der Waals surface area (Å²) < 4.78 is 0. The van der Waals surface area contributed by atoms with Gasteiger partial charge in [0.05, 0.1) is 11.6 Å². The van der Waals surface area contributed by atoms with Crippen LogP contribution in [-0.2, 0) is 0 Å². The van der Waals surface area contributed by atoms with Gasteiger partial charge in [-0.05, 0) is 23.8 Å². The molecule has 2 N–H and O–H groups in total. The van der Waals surface area contributed by atoms with E-state index < -0.39 is 12.2 Å². The largest absolute Gasteiger partial charge is 0.389 e. The number of fused-ring (bicyclic) bond motifs is 1. The van der Waals surface area contributed by atoms with E-state index in [-0.39, 0.29) is 5.75 Å². The Balaban J connectivity index is 2.54. The summed E-state index contributed by atoms with van der Waals surface area (Å²) in [7, 11) is 0. The number of rotatable bonds is 3. The average Bonchev–Trinajstić information content (AvgIpc) is 2.35. The topological polar surface area (TPSA) is 53.4 Å². The van der Waals surface area contributed by atoms with Crippen LogP contribution in [0, 0.1) is 0 Å². The molecule has 0 aliphatic carbocycles. The van der Waals surface area contributed by atoms with Gasteiger partial charge in [-0.3, -0.25) is 4.98 Å². The van der Waals surface area contributed by atoms with Crippen LogP contribution < -0.4 is 0 Å². The number of hydrogen-bond donors (Lipinski definition) is 3. The van der Waals surface area contributed by atoms with Crippen LogP contribution in [-0.4, -0.2) is 27.1 Å². The van der Waals surface area contributed by atoms with Gasteiger partial charge in [0, 0.05) is 22.4 Å². The molecule has 0 fully saturated rings. The van der Waals surface area contributed by atoms with Crippen molar-refractivity contribution in [1.29, 1.82) is 0 Å². The van der Waals surface area contributed by atoms with Crippen LogP contribution >= 0.6 is 24.2 Å². The fourth-order valence-corrected chi connectivity index (χ4v) is 2.07. The highest BCUT2D eigenvalue weighted by Crippen LogP contribution is 2.27. The minimum absolute atomic E-state index is 0.193. The predicted molar refractivity (Wildman–Crippen MR) is 71.6 cm³/mol. The van der Waals surface area contributed by atoms with Crippen molar-refractivity contribution >= 4 is 35.1 Å². The molecular formula is C12H12ClNO2S. The molecule has 5 heteroatoms. The molecule has 2 rings (SSSR count). The molecular weight excluding hydrogens is 258 g/mol. The number of pyridine rings is 1. The van der Waals surface area contributed by atoms with Crippen molar-refractivity contribution in [3.63, 3.8) is 0 Å². The Labute approximate surface area is 109 Å². The first kappa shape index (κ1) is 12.6. The number of hydrogen-bond acceptors (Lipinski definition) is 4. The zero-order valence-corrected chi connectivity index (χ0v) is 10.6. The lowest BCUT2D eigenvalue weighted by Crippen LogP contribution is -2.20. The average molecular weight is 270 g/mol. The molecule has 1 aromatic carbocycles. The fraction of sp³-hybridized carbons (Fsp3) is 0.250. The Kier molecular flexibility index (Phi) is 3.89. The van der Waals surface area contributed by atoms with Gasteiger partial charge in [0.15, 0.2) is 0 Å². The molecule has 0 saturated heterocycles. The molecule has 2 unspecified atom stereocenters. The molecule has 2 aromatic rings. The van der Waals surface area contributed by atoms with Crippen molar-refractivity contribution in [3.05, 3.63) is 41.0 Å². The molecule has 90 valence electrons. The van der Waals surface area contributed by atoms with Crippen molar-refractivity contribution in [2.24, 2.45) is 0 Å². The third-order valence-electron chi connectivity index (χ3n) is 2.61. The van der Waals surface area contributed by atoms with E-state index in [1.807, 2.05) is 0 Å². The van der Waals surface area contributed by atoms with Gasteiger partial charge in [-0.25, -0.2) is 0 Å². The number of benzene rings is 1. The number of halogens is 1. The summed E-state index contributed by atoms with van der Waals surface area (Å²) in [5.74, 6) is 0.193. The van der Waals surface area contributed by atoms with Gasteiger partial charge < -0.3 is 10.2 Å². The molecule has 0 radical (unpaired) electrons. The van der Waals surface area contributed by atoms with E-state index in [1.165, 1.54) is 0 Å². The number of aromatic nitrogens is 1. The number of aliphatic hydroxyl groups is 2. The minimum Gasteiger partial charge on any atom is -0.389 e. The van der Waals surface area contributed by atoms with Crippen LogP contribution in [0.3, 0.4) is 0 Å². The molecule has 1 aromatic heterocycles. The SMILES string of the molecule is OC(CS)C(O)c1ccnc2cc(Cl)ccc12. The van der Waals surface area contributed by atoms with Gasteiger partial charge in [-0.15, -0.1) is 0 Å². The summed E-state index contributed by atoms with van der Waals surface area (Å²) in [4.78, 5) is 4.17. The Morgan fingerprint density at radius 3 is 2.76 bits per heavy atom. The highest BCUT2D eigenvalue weighted by atomic mass is 35.5. The Morgan fingerprint density at radius 2 is 2.06 bits per heavy atom. The first-order valence-corrected chi connectivity index (χ1v) is 6.15. The molecule has 0 aliphatic heterocycles. The quantitative estimate of drug-likeness (QED) is 0.749. The summed E-state index contributed by atoms with van der Waals surface area (Å²) in [6.45, 7) is 0. The highest BCUT2D eigenvalue weighted by Gasteiger charge is 2.19. The third-order valence-corrected chi connectivity index (χ3v) is 3.22. The first-order chi connectivity index (χ1) is 8.13. The van der Waals surface area contributed by atoms with E-state index >= 15 is 0 Å². The molecule has 0 saturated carbocycles. The van der Waals surface area contributed by atoms with Crippen LogP contribution in [0.25, 0.3) is 10.9 Å². The van der Waals surface area contributed by atoms with Gasteiger partial charge in [0.2, 0.25) is 0 Å². The molecule has 1 heterocycles. The second-order valence-electron chi connectivity index (χ2n) is 3.76. The van der Waals surface area contributed by atoms with Gasteiger partial charge in [0.1, 0.15) is 6.10 Å². The van der Waals surface area contributed by atoms with Crippen LogP contribution in [0.1, 0.15) is 11.7 Å². The lowest BCUT2D eigenvalue weighted by Gasteiger charge is -2.17. The fourth-order valence-electron chi connectivity index (χ4n) is 1.71. The number of aliphatic hydroxyl groups excluding tert-OH is 2. The molecule has 17 heavy (non-hydrogen) atoms. The number of thiol groups is 1. The van der Waals surface area contributed by atoms with Crippen LogP contribution in [0.4, 0.5) is 0 Å². The molecule has 0 bridgehead atoms. The maximum Gasteiger partial charge on any atom is 0.106 e. The van der Waals surface area contributed by atoms with Gasteiger partial charge >= 0.3 is 0 Å². The zero-order chi connectivity index (χ0) is 12.4.